The first-order valence-electron chi connectivity index (χ1n) is 4.52. The van der Waals surface area contributed by atoms with Crippen molar-refractivity contribution in [1.29, 1.82) is 5.26 Å². The summed E-state index contributed by atoms with van der Waals surface area (Å²) in [5, 5.41) is 8.48. The summed E-state index contributed by atoms with van der Waals surface area (Å²) < 4.78 is 26.5. The SMILES string of the molecule is C[C@H]1C[C@@H]1c1cc(F)c(C#N)cc1F. The largest absolute Gasteiger partial charge is 0.207 e. The highest BCUT2D eigenvalue weighted by Crippen LogP contribution is 2.47. The minimum Gasteiger partial charge on any atom is -0.207 e. The molecular weight excluding hydrogens is 184 g/mol. The number of benzene rings is 1. The molecule has 14 heavy (non-hydrogen) atoms. The second kappa shape index (κ2) is 3.06. The second-order valence-corrected chi connectivity index (χ2v) is 3.78. The third kappa shape index (κ3) is 1.37. The van der Waals surface area contributed by atoms with Gasteiger partial charge in [-0.3, -0.25) is 0 Å². The molecule has 2 rings (SSSR count). The van der Waals surface area contributed by atoms with Gasteiger partial charge in [0.25, 0.3) is 0 Å². The van der Waals surface area contributed by atoms with Crippen molar-refractivity contribution >= 4 is 0 Å². The van der Waals surface area contributed by atoms with E-state index in [1.165, 1.54) is 0 Å². The molecule has 0 heterocycles. The van der Waals surface area contributed by atoms with E-state index in [2.05, 4.69) is 0 Å². The lowest BCUT2D eigenvalue weighted by molar-refractivity contribution is 0.580. The van der Waals surface area contributed by atoms with Crippen LogP contribution in [-0.2, 0) is 0 Å². The van der Waals surface area contributed by atoms with E-state index < -0.39 is 11.6 Å². The van der Waals surface area contributed by atoms with Crippen molar-refractivity contribution in [3.8, 4) is 6.07 Å². The van der Waals surface area contributed by atoms with Crippen molar-refractivity contribution < 1.29 is 8.78 Å². The van der Waals surface area contributed by atoms with Gasteiger partial charge < -0.3 is 0 Å². The van der Waals surface area contributed by atoms with Gasteiger partial charge in [-0.15, -0.1) is 0 Å². The molecule has 1 aromatic rings. The number of nitrogens with zero attached hydrogens (tertiary/aromatic N) is 1. The molecule has 0 N–H and O–H groups in total. The lowest BCUT2D eigenvalue weighted by Gasteiger charge is -2.02. The van der Waals surface area contributed by atoms with Gasteiger partial charge in [0, 0.05) is 0 Å². The van der Waals surface area contributed by atoms with Crippen molar-refractivity contribution in [2.75, 3.05) is 0 Å². The van der Waals surface area contributed by atoms with Crippen LogP contribution in [0.15, 0.2) is 12.1 Å². The molecule has 3 heteroatoms. The van der Waals surface area contributed by atoms with E-state index in [-0.39, 0.29) is 11.5 Å². The van der Waals surface area contributed by atoms with Gasteiger partial charge in [-0.2, -0.15) is 5.26 Å². The lowest BCUT2D eigenvalue weighted by atomic mass is 10.1. The zero-order valence-corrected chi connectivity index (χ0v) is 7.72. The Kier molecular flexibility index (Phi) is 1.99. The molecule has 0 unspecified atom stereocenters. The topological polar surface area (TPSA) is 23.8 Å². The van der Waals surface area contributed by atoms with Crippen molar-refractivity contribution in [1.82, 2.24) is 0 Å². The van der Waals surface area contributed by atoms with E-state index >= 15 is 0 Å². The van der Waals surface area contributed by atoms with Gasteiger partial charge in [-0.05, 0) is 36.0 Å². The molecule has 72 valence electrons. The Morgan fingerprint density at radius 3 is 2.50 bits per heavy atom. The standard InChI is InChI=1S/C11H9F2N/c1-6-2-8(6)9-4-10(12)7(5-14)3-11(9)13/h3-4,6,8H,2H2,1H3/t6-,8-/m0/s1. The van der Waals surface area contributed by atoms with Crippen molar-refractivity contribution in [2.45, 2.75) is 19.3 Å². The van der Waals surface area contributed by atoms with Crippen LogP contribution in [0.4, 0.5) is 8.78 Å². The van der Waals surface area contributed by atoms with Crippen LogP contribution in [0.2, 0.25) is 0 Å². The zero-order chi connectivity index (χ0) is 10.3. The highest BCUT2D eigenvalue weighted by Gasteiger charge is 2.36. The first-order chi connectivity index (χ1) is 6.63. The fraction of sp³-hybridized carbons (Fsp3) is 0.364. The van der Waals surface area contributed by atoms with Gasteiger partial charge in [-0.1, -0.05) is 6.92 Å². The zero-order valence-electron chi connectivity index (χ0n) is 7.72. The summed E-state index contributed by atoms with van der Waals surface area (Å²) in [6, 6.07) is 3.76. The maximum atomic E-state index is 13.4. The highest BCUT2D eigenvalue weighted by molar-refractivity contribution is 5.37. The van der Waals surface area contributed by atoms with Gasteiger partial charge in [-0.25, -0.2) is 8.78 Å². The maximum Gasteiger partial charge on any atom is 0.141 e. The minimum atomic E-state index is -0.622. The summed E-state index contributed by atoms with van der Waals surface area (Å²) >= 11 is 0. The lowest BCUT2D eigenvalue weighted by Crippen LogP contribution is -1.94. The highest BCUT2D eigenvalue weighted by atomic mass is 19.1. The molecule has 1 nitrogen and oxygen atoms in total. The number of halogens is 2. The molecule has 1 fully saturated rings. The molecule has 1 aliphatic rings. The van der Waals surface area contributed by atoms with Crippen LogP contribution in [0.25, 0.3) is 0 Å². The summed E-state index contributed by atoms with van der Waals surface area (Å²) in [5.74, 6) is -0.519. The molecule has 1 saturated carbocycles. The van der Waals surface area contributed by atoms with Crippen LogP contribution < -0.4 is 0 Å². The third-order valence-electron chi connectivity index (χ3n) is 2.72. The molecule has 0 aliphatic heterocycles. The summed E-state index contributed by atoms with van der Waals surface area (Å²) in [6.45, 7) is 2.00. The Balaban J connectivity index is 2.44. The van der Waals surface area contributed by atoms with Crippen LogP contribution in [0.1, 0.15) is 30.4 Å². The van der Waals surface area contributed by atoms with E-state index in [1.54, 1.807) is 6.07 Å². The Bertz CT molecular complexity index is 420. The van der Waals surface area contributed by atoms with Gasteiger partial charge in [0.1, 0.15) is 17.7 Å². The fourth-order valence-corrected chi connectivity index (χ4v) is 1.69. The summed E-state index contributed by atoms with van der Waals surface area (Å²) in [6.07, 6.45) is 0.905. The van der Waals surface area contributed by atoms with E-state index in [1.807, 2.05) is 6.92 Å². The average Bonchev–Trinajstić information content (AvgIpc) is 2.86. The van der Waals surface area contributed by atoms with Crippen molar-refractivity contribution in [3.05, 3.63) is 34.9 Å². The van der Waals surface area contributed by atoms with Crippen molar-refractivity contribution in [3.63, 3.8) is 0 Å². The molecule has 0 amide bonds. The molecule has 0 bridgehead atoms. The number of hydrogen-bond acceptors (Lipinski definition) is 1. The van der Waals surface area contributed by atoms with E-state index in [4.69, 9.17) is 5.26 Å². The molecule has 2 atom stereocenters. The smallest absolute Gasteiger partial charge is 0.141 e. The molecule has 1 aromatic carbocycles. The maximum absolute atomic E-state index is 13.4. The normalized spacial score (nSPS) is 24.4. The minimum absolute atomic E-state index is 0.136. The molecule has 0 aromatic heterocycles. The van der Waals surface area contributed by atoms with Crippen molar-refractivity contribution in [2.24, 2.45) is 5.92 Å². The van der Waals surface area contributed by atoms with Crippen LogP contribution in [0.5, 0.6) is 0 Å². The Hall–Kier alpha value is -1.43. The molecule has 1 aliphatic carbocycles. The fourth-order valence-electron chi connectivity index (χ4n) is 1.69. The quantitative estimate of drug-likeness (QED) is 0.672. The third-order valence-corrected chi connectivity index (χ3v) is 2.72. The Morgan fingerprint density at radius 1 is 1.36 bits per heavy atom. The molecule has 0 radical (unpaired) electrons. The first-order valence-corrected chi connectivity index (χ1v) is 4.52. The second-order valence-electron chi connectivity index (χ2n) is 3.78. The average molecular weight is 193 g/mol. The molecule has 0 saturated heterocycles. The van der Waals surface area contributed by atoms with E-state index in [0.29, 0.717) is 11.5 Å². The van der Waals surface area contributed by atoms with Crippen LogP contribution in [0, 0.1) is 28.9 Å². The van der Waals surface area contributed by atoms with E-state index in [0.717, 1.165) is 18.6 Å². The predicted octanol–water partition coefficient (Wildman–Crippen LogP) is 2.96. The number of nitriles is 1. The molecular formula is C11H9F2N. The Labute approximate surface area is 81.0 Å². The predicted molar refractivity (Wildman–Crippen MR) is 47.6 cm³/mol. The first kappa shape index (κ1) is 9.14. The van der Waals surface area contributed by atoms with Crippen LogP contribution in [0.3, 0.4) is 0 Å². The summed E-state index contributed by atoms with van der Waals surface area (Å²) in [7, 11) is 0. The number of rotatable bonds is 1. The van der Waals surface area contributed by atoms with Gasteiger partial charge >= 0.3 is 0 Å². The van der Waals surface area contributed by atoms with Gasteiger partial charge in [0.15, 0.2) is 0 Å². The Morgan fingerprint density at radius 2 is 2.00 bits per heavy atom. The molecule has 0 spiro atoms. The summed E-state index contributed by atoms with van der Waals surface area (Å²) in [5.41, 5.74) is 0.188. The summed E-state index contributed by atoms with van der Waals surface area (Å²) in [4.78, 5) is 0. The monoisotopic (exact) mass is 193 g/mol. The number of hydrogen-bond donors (Lipinski definition) is 0. The van der Waals surface area contributed by atoms with Crippen LogP contribution >= 0.6 is 0 Å². The van der Waals surface area contributed by atoms with Gasteiger partial charge in [0.05, 0.1) is 5.56 Å². The van der Waals surface area contributed by atoms with E-state index in [9.17, 15) is 8.78 Å². The van der Waals surface area contributed by atoms with Gasteiger partial charge in [0.2, 0.25) is 0 Å². The van der Waals surface area contributed by atoms with Crippen LogP contribution in [-0.4, -0.2) is 0 Å².